The molecule has 8 rings (SSSR count). The van der Waals surface area contributed by atoms with Gasteiger partial charge in [-0.25, -0.2) is 0 Å². The maximum atomic E-state index is 2.48. The molecule has 6 aromatic carbocycles. The first-order chi connectivity index (χ1) is 24.6. The van der Waals surface area contributed by atoms with Crippen molar-refractivity contribution in [3.63, 3.8) is 0 Å². The number of rotatable bonds is 5. The summed E-state index contributed by atoms with van der Waals surface area (Å²) in [6.45, 7) is 21.2. The van der Waals surface area contributed by atoms with Crippen molar-refractivity contribution in [2.24, 2.45) is 0 Å². The second-order valence-corrected chi connectivity index (χ2v) is 18.2. The summed E-state index contributed by atoms with van der Waals surface area (Å²) in [6.07, 6.45) is 2.44. The van der Waals surface area contributed by atoms with E-state index in [9.17, 15) is 0 Å². The van der Waals surface area contributed by atoms with E-state index in [1.54, 1.807) is 0 Å². The highest BCUT2D eigenvalue weighted by atomic mass is 15.1. The molecule has 262 valence electrons. The summed E-state index contributed by atoms with van der Waals surface area (Å²) in [7, 11) is 0. The number of hydrogen-bond acceptors (Lipinski definition) is 1. The van der Waals surface area contributed by atoms with Crippen molar-refractivity contribution in [1.29, 1.82) is 0 Å². The van der Waals surface area contributed by atoms with Gasteiger partial charge in [0.1, 0.15) is 0 Å². The number of para-hydroxylation sites is 1. The van der Waals surface area contributed by atoms with Crippen LogP contribution in [0.1, 0.15) is 103 Å². The molecule has 0 heterocycles. The summed E-state index contributed by atoms with van der Waals surface area (Å²) < 4.78 is 0. The van der Waals surface area contributed by atoms with Crippen molar-refractivity contribution < 1.29 is 0 Å². The number of hydrogen-bond donors (Lipinski definition) is 0. The monoisotopic (exact) mass is 679 g/mol. The van der Waals surface area contributed by atoms with Crippen molar-refractivity contribution in [2.45, 2.75) is 96.8 Å². The van der Waals surface area contributed by atoms with Gasteiger partial charge in [-0.15, -0.1) is 0 Å². The third-order valence-corrected chi connectivity index (χ3v) is 12.3. The first-order valence-corrected chi connectivity index (χ1v) is 19.2. The summed E-state index contributed by atoms with van der Waals surface area (Å²) in [6, 6.07) is 50.6. The predicted octanol–water partition coefficient (Wildman–Crippen LogP) is 14.4. The van der Waals surface area contributed by atoms with Crippen LogP contribution in [0.15, 0.2) is 133 Å². The lowest BCUT2D eigenvalue weighted by molar-refractivity contribution is 0.332. The summed E-state index contributed by atoms with van der Waals surface area (Å²) in [5.41, 5.74) is 18.6. The smallest absolute Gasteiger partial charge is 0.0543 e. The van der Waals surface area contributed by atoms with E-state index in [1.165, 1.54) is 79.7 Å². The second-order valence-electron chi connectivity index (χ2n) is 18.2. The van der Waals surface area contributed by atoms with Gasteiger partial charge in [0.15, 0.2) is 0 Å². The zero-order valence-electron chi connectivity index (χ0n) is 32.6. The van der Waals surface area contributed by atoms with E-state index in [0.717, 1.165) is 11.4 Å². The van der Waals surface area contributed by atoms with Crippen LogP contribution in [0.25, 0.3) is 33.4 Å². The van der Waals surface area contributed by atoms with Crippen molar-refractivity contribution in [3.05, 3.63) is 161 Å². The highest BCUT2D eigenvalue weighted by Crippen LogP contribution is 2.54. The van der Waals surface area contributed by atoms with Crippen LogP contribution in [0.5, 0.6) is 0 Å². The lowest BCUT2D eigenvalue weighted by Gasteiger charge is -2.42. The maximum Gasteiger partial charge on any atom is 0.0543 e. The largest absolute Gasteiger partial charge is 0.310 e. The van der Waals surface area contributed by atoms with Crippen molar-refractivity contribution in [3.8, 4) is 33.4 Å². The van der Waals surface area contributed by atoms with E-state index in [4.69, 9.17) is 0 Å². The Morgan fingerprint density at radius 3 is 1.69 bits per heavy atom. The van der Waals surface area contributed by atoms with E-state index in [1.807, 2.05) is 0 Å². The van der Waals surface area contributed by atoms with Gasteiger partial charge in [-0.05, 0) is 121 Å². The Morgan fingerprint density at radius 1 is 0.442 bits per heavy atom. The van der Waals surface area contributed by atoms with E-state index in [-0.39, 0.29) is 21.7 Å². The van der Waals surface area contributed by atoms with Gasteiger partial charge >= 0.3 is 0 Å². The standard InChI is InChI=1S/C51H53N/c1-48(2,3)37-24-26-39(27-25-37)52(38-15-11-10-12-16-38)47-33-45-42(40-17-13-14-18-43(40)51(45,8)9)32-41(47)35-21-19-34(20-22-35)36-23-28-44-46(31-36)50(6,7)30-29-49(44,4)5/h10-28,31-33H,29-30H2,1-9H3. The minimum Gasteiger partial charge on any atom is -0.310 e. The molecule has 6 aromatic rings. The second kappa shape index (κ2) is 12.1. The normalized spacial score (nSPS) is 16.5. The summed E-state index contributed by atoms with van der Waals surface area (Å²) in [5, 5.41) is 0. The molecule has 0 fully saturated rings. The predicted molar refractivity (Wildman–Crippen MR) is 224 cm³/mol. The molecule has 0 N–H and O–H groups in total. The molecule has 0 saturated heterocycles. The van der Waals surface area contributed by atoms with Gasteiger partial charge in [0, 0.05) is 22.4 Å². The van der Waals surface area contributed by atoms with Gasteiger partial charge in [-0.1, -0.05) is 159 Å². The third-order valence-electron chi connectivity index (χ3n) is 12.3. The van der Waals surface area contributed by atoms with E-state index in [0.29, 0.717) is 0 Å². The lowest BCUT2D eigenvalue weighted by atomic mass is 9.63. The maximum absolute atomic E-state index is 2.48. The molecular weight excluding hydrogens is 627 g/mol. The highest BCUT2D eigenvalue weighted by Gasteiger charge is 2.38. The van der Waals surface area contributed by atoms with Crippen LogP contribution in [0.2, 0.25) is 0 Å². The molecule has 0 atom stereocenters. The lowest BCUT2D eigenvalue weighted by Crippen LogP contribution is -2.33. The Bertz CT molecular complexity index is 2280. The zero-order chi connectivity index (χ0) is 36.6. The Kier molecular flexibility index (Phi) is 7.96. The van der Waals surface area contributed by atoms with Crippen LogP contribution < -0.4 is 4.90 Å². The van der Waals surface area contributed by atoms with Crippen molar-refractivity contribution >= 4 is 17.1 Å². The van der Waals surface area contributed by atoms with Crippen LogP contribution in [-0.2, 0) is 21.7 Å². The fourth-order valence-corrected chi connectivity index (χ4v) is 8.88. The van der Waals surface area contributed by atoms with Crippen LogP contribution in [-0.4, -0.2) is 0 Å². The molecule has 52 heavy (non-hydrogen) atoms. The first-order valence-electron chi connectivity index (χ1n) is 19.2. The number of fused-ring (bicyclic) bond motifs is 4. The Balaban J connectivity index is 1.31. The van der Waals surface area contributed by atoms with E-state index < -0.39 is 0 Å². The summed E-state index contributed by atoms with van der Waals surface area (Å²) >= 11 is 0. The molecule has 0 radical (unpaired) electrons. The summed E-state index contributed by atoms with van der Waals surface area (Å²) in [5.74, 6) is 0. The van der Waals surface area contributed by atoms with Gasteiger partial charge in [0.05, 0.1) is 5.69 Å². The molecule has 0 aliphatic heterocycles. The molecule has 0 spiro atoms. The van der Waals surface area contributed by atoms with Crippen LogP contribution in [0.3, 0.4) is 0 Å². The number of anilines is 3. The topological polar surface area (TPSA) is 3.24 Å². The third kappa shape index (κ3) is 5.70. The van der Waals surface area contributed by atoms with E-state index in [2.05, 4.69) is 201 Å². The SMILES string of the molecule is CC(C)(C)c1ccc(N(c2ccccc2)c2cc3c(cc2-c2ccc(-c4ccc5c(c4)C(C)(C)CCC5(C)C)cc2)-c2ccccc2C3(C)C)cc1. The number of benzene rings is 6. The molecule has 0 bridgehead atoms. The fourth-order valence-electron chi connectivity index (χ4n) is 8.88. The number of nitrogens with zero attached hydrogens (tertiary/aromatic N) is 1. The molecule has 1 nitrogen and oxygen atoms in total. The van der Waals surface area contributed by atoms with Gasteiger partial charge < -0.3 is 4.90 Å². The average Bonchev–Trinajstić information content (AvgIpc) is 3.36. The van der Waals surface area contributed by atoms with Crippen LogP contribution >= 0.6 is 0 Å². The highest BCUT2D eigenvalue weighted by molar-refractivity contribution is 5.95. The quantitative estimate of drug-likeness (QED) is 0.175. The van der Waals surface area contributed by atoms with Gasteiger partial charge in [-0.3, -0.25) is 0 Å². The molecule has 2 aliphatic carbocycles. The molecule has 1 heteroatoms. The van der Waals surface area contributed by atoms with Crippen LogP contribution in [0, 0.1) is 0 Å². The molecule has 0 saturated carbocycles. The Morgan fingerprint density at radius 2 is 1.02 bits per heavy atom. The summed E-state index contributed by atoms with van der Waals surface area (Å²) in [4.78, 5) is 2.46. The van der Waals surface area contributed by atoms with Crippen molar-refractivity contribution in [2.75, 3.05) is 4.90 Å². The molecular formula is C51H53N. The minimum absolute atomic E-state index is 0.0798. The molecule has 0 unspecified atom stereocenters. The zero-order valence-corrected chi connectivity index (χ0v) is 32.6. The van der Waals surface area contributed by atoms with Gasteiger partial charge in [0.2, 0.25) is 0 Å². The Labute approximate surface area is 312 Å². The Hall–Kier alpha value is -4.88. The average molecular weight is 680 g/mol. The van der Waals surface area contributed by atoms with E-state index >= 15 is 0 Å². The molecule has 2 aliphatic rings. The molecule has 0 amide bonds. The molecule has 0 aromatic heterocycles. The van der Waals surface area contributed by atoms with Gasteiger partial charge in [-0.2, -0.15) is 0 Å². The van der Waals surface area contributed by atoms with Gasteiger partial charge in [0.25, 0.3) is 0 Å². The van der Waals surface area contributed by atoms with Crippen LogP contribution in [0.4, 0.5) is 17.1 Å². The van der Waals surface area contributed by atoms with Crippen molar-refractivity contribution in [1.82, 2.24) is 0 Å². The minimum atomic E-state index is -0.115. The first kappa shape index (κ1) is 34.2. The fraction of sp³-hybridized carbons (Fsp3) is 0.294.